The van der Waals surface area contributed by atoms with Gasteiger partial charge in [0, 0.05) is 22.6 Å². The summed E-state index contributed by atoms with van der Waals surface area (Å²) in [6.45, 7) is 2.27. The zero-order valence-corrected chi connectivity index (χ0v) is 14.1. The number of hydrogen-bond donors (Lipinski definition) is 1. The first-order chi connectivity index (χ1) is 9.88. The van der Waals surface area contributed by atoms with Crippen LogP contribution in [0.5, 0.6) is 5.75 Å². The van der Waals surface area contributed by atoms with Crippen LogP contribution in [-0.2, 0) is 6.54 Å². The minimum Gasteiger partial charge on any atom is -0.434 e. The number of halogens is 3. The number of hydrogen-bond acceptors (Lipinski definition) is 2. The summed E-state index contributed by atoms with van der Waals surface area (Å²) in [6.07, 6.45) is 4.82. The summed E-state index contributed by atoms with van der Waals surface area (Å²) < 4.78 is 30.4. The van der Waals surface area contributed by atoms with Gasteiger partial charge in [-0.25, -0.2) is 0 Å². The standard InChI is InChI=1S/C16H22BrF2NO/c1-16(2)8-4-3-5-14(16)20-10-11-9-12(17)6-7-13(11)21-15(18)19/h6-7,9,14-15,20H,3-5,8,10H2,1-2H3. The Kier molecular flexibility index (Phi) is 5.60. The summed E-state index contributed by atoms with van der Waals surface area (Å²) >= 11 is 3.38. The molecule has 2 nitrogen and oxygen atoms in total. The average molecular weight is 362 g/mol. The third-order valence-corrected chi connectivity index (χ3v) is 4.78. The minimum atomic E-state index is -2.80. The Morgan fingerprint density at radius 3 is 2.81 bits per heavy atom. The van der Waals surface area contributed by atoms with Gasteiger partial charge in [0.25, 0.3) is 0 Å². The molecular weight excluding hydrogens is 340 g/mol. The molecule has 21 heavy (non-hydrogen) atoms. The molecule has 0 aliphatic heterocycles. The maximum Gasteiger partial charge on any atom is 0.387 e. The van der Waals surface area contributed by atoms with Gasteiger partial charge < -0.3 is 10.1 Å². The number of nitrogens with one attached hydrogen (secondary N) is 1. The van der Waals surface area contributed by atoms with Crippen molar-refractivity contribution in [3.8, 4) is 5.75 Å². The summed E-state index contributed by atoms with van der Waals surface area (Å²) in [4.78, 5) is 0. The Morgan fingerprint density at radius 2 is 2.14 bits per heavy atom. The molecule has 5 heteroatoms. The van der Waals surface area contributed by atoms with Crippen LogP contribution in [0.2, 0.25) is 0 Å². The fourth-order valence-electron chi connectivity index (χ4n) is 3.00. The van der Waals surface area contributed by atoms with Crippen molar-refractivity contribution in [2.24, 2.45) is 5.41 Å². The lowest BCUT2D eigenvalue weighted by Gasteiger charge is -2.39. The highest BCUT2D eigenvalue weighted by atomic mass is 79.9. The first-order valence-corrected chi connectivity index (χ1v) is 8.14. The Hall–Kier alpha value is -0.680. The van der Waals surface area contributed by atoms with Gasteiger partial charge in [0.2, 0.25) is 0 Å². The van der Waals surface area contributed by atoms with E-state index in [1.54, 1.807) is 12.1 Å². The van der Waals surface area contributed by atoms with Crippen LogP contribution >= 0.6 is 15.9 Å². The van der Waals surface area contributed by atoms with E-state index < -0.39 is 6.61 Å². The fraction of sp³-hybridized carbons (Fsp3) is 0.625. The van der Waals surface area contributed by atoms with E-state index in [0.29, 0.717) is 12.6 Å². The monoisotopic (exact) mass is 361 g/mol. The van der Waals surface area contributed by atoms with E-state index in [1.807, 2.05) is 6.07 Å². The first kappa shape index (κ1) is 16.7. The highest BCUT2D eigenvalue weighted by molar-refractivity contribution is 9.10. The van der Waals surface area contributed by atoms with E-state index in [4.69, 9.17) is 0 Å². The van der Waals surface area contributed by atoms with E-state index in [9.17, 15) is 8.78 Å². The van der Waals surface area contributed by atoms with Crippen LogP contribution in [0.15, 0.2) is 22.7 Å². The molecule has 0 heterocycles. The molecular formula is C16H22BrF2NO. The second-order valence-electron chi connectivity index (χ2n) is 6.30. The van der Waals surface area contributed by atoms with Crippen LogP contribution in [0, 0.1) is 5.41 Å². The zero-order chi connectivity index (χ0) is 15.5. The van der Waals surface area contributed by atoms with Gasteiger partial charge in [0.05, 0.1) is 0 Å². The largest absolute Gasteiger partial charge is 0.434 e. The average Bonchev–Trinajstić information content (AvgIpc) is 2.39. The predicted molar refractivity (Wildman–Crippen MR) is 83.7 cm³/mol. The number of alkyl halides is 2. The van der Waals surface area contributed by atoms with Crippen LogP contribution in [0.4, 0.5) is 8.78 Å². The molecule has 1 fully saturated rings. The molecule has 1 aliphatic rings. The van der Waals surface area contributed by atoms with Crippen molar-refractivity contribution in [3.05, 3.63) is 28.2 Å². The number of benzene rings is 1. The summed E-state index contributed by atoms with van der Waals surface area (Å²) in [5, 5.41) is 3.52. The van der Waals surface area contributed by atoms with Crippen molar-refractivity contribution >= 4 is 15.9 Å². The maximum absolute atomic E-state index is 12.5. The molecule has 1 unspecified atom stereocenters. The maximum atomic E-state index is 12.5. The molecule has 0 aromatic heterocycles. The van der Waals surface area contributed by atoms with Crippen molar-refractivity contribution in [2.75, 3.05) is 0 Å². The molecule has 1 N–H and O–H groups in total. The van der Waals surface area contributed by atoms with Crippen molar-refractivity contribution in [3.63, 3.8) is 0 Å². The van der Waals surface area contributed by atoms with E-state index in [-0.39, 0.29) is 11.2 Å². The van der Waals surface area contributed by atoms with E-state index in [2.05, 4.69) is 39.8 Å². The highest BCUT2D eigenvalue weighted by Gasteiger charge is 2.31. The molecule has 0 spiro atoms. The van der Waals surface area contributed by atoms with Crippen molar-refractivity contribution < 1.29 is 13.5 Å². The Balaban J connectivity index is 2.06. The lowest BCUT2D eigenvalue weighted by atomic mass is 9.73. The molecule has 0 bridgehead atoms. The van der Waals surface area contributed by atoms with Crippen LogP contribution in [0.25, 0.3) is 0 Å². The van der Waals surface area contributed by atoms with Gasteiger partial charge >= 0.3 is 6.61 Å². The second kappa shape index (κ2) is 7.05. The molecule has 1 aliphatic carbocycles. The topological polar surface area (TPSA) is 21.3 Å². The van der Waals surface area contributed by atoms with Gasteiger partial charge in [-0.1, -0.05) is 42.6 Å². The lowest BCUT2D eigenvalue weighted by Crippen LogP contribution is -2.43. The van der Waals surface area contributed by atoms with Gasteiger partial charge in [0.15, 0.2) is 0 Å². The van der Waals surface area contributed by atoms with Gasteiger partial charge in [-0.2, -0.15) is 8.78 Å². The third-order valence-electron chi connectivity index (χ3n) is 4.28. The van der Waals surface area contributed by atoms with Crippen LogP contribution in [0.3, 0.4) is 0 Å². The van der Waals surface area contributed by atoms with E-state index in [1.165, 1.54) is 19.3 Å². The van der Waals surface area contributed by atoms with Gasteiger partial charge in [-0.3, -0.25) is 0 Å². The molecule has 1 aromatic rings. The summed E-state index contributed by atoms with van der Waals surface area (Å²) in [5.74, 6) is 0.245. The summed E-state index contributed by atoms with van der Waals surface area (Å²) in [6, 6.07) is 5.54. The minimum absolute atomic E-state index is 0.244. The Morgan fingerprint density at radius 1 is 1.38 bits per heavy atom. The quantitative estimate of drug-likeness (QED) is 0.786. The molecule has 2 rings (SSSR count). The summed E-state index contributed by atoms with van der Waals surface area (Å²) in [5.41, 5.74) is 1.000. The van der Waals surface area contributed by atoms with Gasteiger partial charge in [-0.15, -0.1) is 0 Å². The number of rotatable bonds is 5. The van der Waals surface area contributed by atoms with Gasteiger partial charge in [-0.05, 0) is 36.5 Å². The number of ether oxygens (including phenoxy) is 1. The highest BCUT2D eigenvalue weighted by Crippen LogP contribution is 2.36. The second-order valence-corrected chi connectivity index (χ2v) is 7.21. The molecule has 118 valence electrons. The molecule has 1 atom stereocenters. The molecule has 0 radical (unpaired) electrons. The molecule has 0 amide bonds. The fourth-order valence-corrected chi connectivity index (χ4v) is 3.41. The van der Waals surface area contributed by atoms with E-state index in [0.717, 1.165) is 16.5 Å². The first-order valence-electron chi connectivity index (χ1n) is 7.35. The van der Waals surface area contributed by atoms with Gasteiger partial charge in [0.1, 0.15) is 5.75 Å². The van der Waals surface area contributed by atoms with Crippen molar-refractivity contribution in [2.45, 2.75) is 58.7 Å². The van der Waals surface area contributed by atoms with E-state index >= 15 is 0 Å². The third kappa shape index (κ3) is 4.65. The normalized spacial score (nSPS) is 21.5. The summed E-state index contributed by atoms with van der Waals surface area (Å²) in [7, 11) is 0. The smallest absolute Gasteiger partial charge is 0.387 e. The van der Waals surface area contributed by atoms with Crippen LogP contribution < -0.4 is 10.1 Å². The molecule has 0 saturated heterocycles. The van der Waals surface area contributed by atoms with Crippen molar-refractivity contribution in [1.29, 1.82) is 0 Å². The molecule has 1 aromatic carbocycles. The van der Waals surface area contributed by atoms with Crippen LogP contribution in [0.1, 0.15) is 45.1 Å². The Bertz CT molecular complexity index is 479. The zero-order valence-electron chi connectivity index (χ0n) is 12.5. The Labute approximate surface area is 133 Å². The lowest BCUT2D eigenvalue weighted by molar-refractivity contribution is -0.0505. The predicted octanol–water partition coefficient (Wildman–Crippen LogP) is 5.11. The van der Waals surface area contributed by atoms with Crippen molar-refractivity contribution in [1.82, 2.24) is 5.32 Å². The SMILES string of the molecule is CC1(C)CCCCC1NCc1cc(Br)ccc1OC(F)F. The molecule has 1 saturated carbocycles. The van der Waals surface area contributed by atoms with Crippen LogP contribution in [-0.4, -0.2) is 12.7 Å².